The fraction of sp³-hybridized carbons (Fsp3) is 0.700. The molecule has 0 amide bonds. The van der Waals surface area contributed by atoms with Crippen molar-refractivity contribution in [1.29, 1.82) is 0 Å². The van der Waals surface area contributed by atoms with Crippen molar-refractivity contribution >= 4 is 5.69 Å². The van der Waals surface area contributed by atoms with Gasteiger partial charge in [0.25, 0.3) is 0 Å². The second kappa shape index (κ2) is 15.8. The zero-order chi connectivity index (χ0) is 16.4. The molecule has 0 aliphatic rings. The van der Waals surface area contributed by atoms with E-state index >= 15 is 0 Å². The van der Waals surface area contributed by atoms with Crippen molar-refractivity contribution in [2.45, 2.75) is 71.1 Å². The van der Waals surface area contributed by atoms with Gasteiger partial charge in [-0.05, 0) is 18.6 Å². The lowest BCUT2D eigenvalue weighted by atomic mass is 10.1. The van der Waals surface area contributed by atoms with Crippen molar-refractivity contribution in [1.82, 2.24) is 0 Å². The van der Waals surface area contributed by atoms with Crippen LogP contribution in [0.2, 0.25) is 0 Å². The van der Waals surface area contributed by atoms with Crippen LogP contribution >= 0.6 is 0 Å². The molecule has 0 radical (unpaired) electrons. The Labute approximate surface area is 142 Å². The van der Waals surface area contributed by atoms with Gasteiger partial charge in [0.15, 0.2) is 0 Å². The summed E-state index contributed by atoms with van der Waals surface area (Å²) < 4.78 is 0. The lowest BCUT2D eigenvalue weighted by Crippen LogP contribution is -2.10. The Hall–Kier alpha value is -1.06. The highest BCUT2D eigenvalue weighted by atomic mass is 17.2. The Balaban J connectivity index is 1.72. The maximum absolute atomic E-state index is 5.20. The number of para-hydroxylation sites is 1. The summed E-state index contributed by atoms with van der Waals surface area (Å²) in [6.07, 6.45) is 13.4. The zero-order valence-electron chi connectivity index (χ0n) is 14.9. The minimum absolute atomic E-state index is 0.576. The molecule has 0 aliphatic carbocycles. The molecule has 132 valence electrons. The van der Waals surface area contributed by atoms with Gasteiger partial charge < -0.3 is 5.32 Å². The van der Waals surface area contributed by atoms with E-state index in [1.54, 1.807) is 0 Å². The predicted octanol–water partition coefficient (Wildman–Crippen LogP) is 5.97. The Morgan fingerprint density at radius 1 is 0.696 bits per heavy atom. The monoisotopic (exact) mass is 321 g/mol. The molecule has 1 rings (SSSR count). The van der Waals surface area contributed by atoms with Gasteiger partial charge in [-0.1, -0.05) is 82.9 Å². The van der Waals surface area contributed by atoms with E-state index in [1.165, 1.54) is 57.8 Å². The van der Waals surface area contributed by atoms with Crippen molar-refractivity contribution in [3.8, 4) is 0 Å². The van der Waals surface area contributed by atoms with Crippen molar-refractivity contribution in [3.63, 3.8) is 0 Å². The maximum Gasteiger partial charge on any atom is 0.0994 e. The first-order valence-corrected chi connectivity index (χ1v) is 9.47. The lowest BCUT2D eigenvalue weighted by Gasteiger charge is -2.07. The first-order chi connectivity index (χ1) is 11.4. The van der Waals surface area contributed by atoms with E-state index in [0.717, 1.165) is 18.7 Å². The highest BCUT2D eigenvalue weighted by Crippen LogP contribution is 2.10. The van der Waals surface area contributed by atoms with E-state index in [1.807, 2.05) is 30.3 Å². The van der Waals surface area contributed by atoms with Crippen LogP contribution in [-0.4, -0.2) is 19.8 Å². The number of nitrogens with one attached hydrogen (secondary N) is 1. The number of hydrogen-bond acceptors (Lipinski definition) is 3. The molecule has 1 aromatic rings. The van der Waals surface area contributed by atoms with E-state index in [0.29, 0.717) is 13.2 Å². The smallest absolute Gasteiger partial charge is 0.0994 e. The molecule has 0 heterocycles. The minimum atomic E-state index is 0.576. The molecule has 0 saturated carbocycles. The van der Waals surface area contributed by atoms with Crippen LogP contribution in [0.15, 0.2) is 30.3 Å². The van der Waals surface area contributed by atoms with Crippen LogP contribution in [0, 0.1) is 0 Å². The van der Waals surface area contributed by atoms with Crippen LogP contribution in [0.1, 0.15) is 71.1 Å². The largest absolute Gasteiger partial charge is 0.383 e. The molecule has 0 fully saturated rings. The van der Waals surface area contributed by atoms with Gasteiger partial charge in [0, 0.05) is 12.2 Å². The molecule has 0 aliphatic heterocycles. The highest BCUT2D eigenvalue weighted by molar-refractivity contribution is 5.42. The van der Waals surface area contributed by atoms with Gasteiger partial charge >= 0.3 is 0 Å². The quantitative estimate of drug-likeness (QED) is 0.231. The molecule has 0 spiro atoms. The SMILES string of the molecule is CCCCCCCCCCCCOOCCNc1ccccc1. The summed E-state index contributed by atoms with van der Waals surface area (Å²) in [5, 5.41) is 3.28. The fourth-order valence-corrected chi connectivity index (χ4v) is 2.56. The molecule has 0 saturated heterocycles. The molecule has 0 aromatic heterocycles. The summed E-state index contributed by atoms with van der Waals surface area (Å²) >= 11 is 0. The van der Waals surface area contributed by atoms with E-state index in [2.05, 4.69) is 12.2 Å². The van der Waals surface area contributed by atoms with Crippen LogP contribution in [0.5, 0.6) is 0 Å². The Morgan fingerprint density at radius 3 is 1.91 bits per heavy atom. The Morgan fingerprint density at radius 2 is 1.26 bits per heavy atom. The zero-order valence-corrected chi connectivity index (χ0v) is 14.9. The number of rotatable bonds is 16. The molecular weight excluding hydrogens is 286 g/mol. The van der Waals surface area contributed by atoms with E-state index < -0.39 is 0 Å². The summed E-state index contributed by atoms with van der Waals surface area (Å²) in [6, 6.07) is 10.1. The third kappa shape index (κ3) is 13.1. The van der Waals surface area contributed by atoms with Crippen molar-refractivity contribution in [2.75, 3.05) is 25.1 Å². The third-order valence-corrected chi connectivity index (χ3v) is 3.95. The minimum Gasteiger partial charge on any atom is -0.383 e. The summed E-state index contributed by atoms with van der Waals surface area (Å²) in [6.45, 7) is 4.32. The number of benzene rings is 1. The summed E-state index contributed by atoms with van der Waals surface area (Å²) in [5.41, 5.74) is 1.12. The molecule has 3 heteroatoms. The normalized spacial score (nSPS) is 10.8. The molecule has 0 atom stereocenters. The van der Waals surface area contributed by atoms with Gasteiger partial charge in [-0.2, -0.15) is 0 Å². The average molecular weight is 322 g/mol. The van der Waals surface area contributed by atoms with Gasteiger partial charge in [0.05, 0.1) is 13.2 Å². The first-order valence-electron chi connectivity index (χ1n) is 9.47. The molecule has 3 nitrogen and oxygen atoms in total. The van der Waals surface area contributed by atoms with Gasteiger partial charge in [-0.25, -0.2) is 9.78 Å². The number of anilines is 1. The van der Waals surface area contributed by atoms with Gasteiger partial charge in [-0.3, -0.25) is 0 Å². The third-order valence-electron chi connectivity index (χ3n) is 3.95. The van der Waals surface area contributed by atoms with Crippen LogP contribution in [-0.2, 0) is 9.78 Å². The predicted molar refractivity (Wildman–Crippen MR) is 98.7 cm³/mol. The highest BCUT2D eigenvalue weighted by Gasteiger charge is 1.94. The second-order valence-electron chi connectivity index (χ2n) is 6.12. The van der Waals surface area contributed by atoms with Crippen LogP contribution in [0.25, 0.3) is 0 Å². The molecular formula is C20H35NO2. The number of unbranched alkanes of at least 4 members (excludes halogenated alkanes) is 9. The maximum atomic E-state index is 5.20. The summed E-state index contributed by atoms with van der Waals surface area (Å²) in [7, 11) is 0. The van der Waals surface area contributed by atoms with Crippen molar-refractivity contribution in [3.05, 3.63) is 30.3 Å². The van der Waals surface area contributed by atoms with Crippen LogP contribution < -0.4 is 5.32 Å². The van der Waals surface area contributed by atoms with Crippen molar-refractivity contribution in [2.24, 2.45) is 0 Å². The standard InChI is InChI=1S/C20H35NO2/c1-2-3-4-5-6-7-8-9-10-14-18-22-23-19-17-21-20-15-12-11-13-16-20/h11-13,15-16,21H,2-10,14,17-19H2,1H3. The van der Waals surface area contributed by atoms with Crippen LogP contribution in [0.3, 0.4) is 0 Å². The Kier molecular flexibility index (Phi) is 13.7. The van der Waals surface area contributed by atoms with Crippen molar-refractivity contribution < 1.29 is 9.78 Å². The summed E-state index contributed by atoms with van der Waals surface area (Å²) in [5.74, 6) is 0. The summed E-state index contributed by atoms with van der Waals surface area (Å²) in [4.78, 5) is 10.4. The van der Waals surface area contributed by atoms with Gasteiger partial charge in [0.1, 0.15) is 0 Å². The number of hydrogen-bond donors (Lipinski definition) is 1. The molecule has 1 N–H and O–H groups in total. The second-order valence-corrected chi connectivity index (χ2v) is 6.12. The lowest BCUT2D eigenvalue weighted by molar-refractivity contribution is -0.292. The van der Waals surface area contributed by atoms with E-state index in [4.69, 9.17) is 9.78 Å². The fourth-order valence-electron chi connectivity index (χ4n) is 2.56. The van der Waals surface area contributed by atoms with E-state index in [-0.39, 0.29) is 0 Å². The van der Waals surface area contributed by atoms with E-state index in [9.17, 15) is 0 Å². The topological polar surface area (TPSA) is 30.5 Å². The molecule has 1 aromatic carbocycles. The Bertz CT molecular complexity index is 343. The molecule has 0 unspecified atom stereocenters. The first kappa shape index (κ1) is 20.0. The van der Waals surface area contributed by atoms with Crippen LogP contribution in [0.4, 0.5) is 5.69 Å². The van der Waals surface area contributed by atoms with Gasteiger partial charge in [-0.15, -0.1) is 0 Å². The average Bonchev–Trinajstić information content (AvgIpc) is 2.59. The molecule has 0 bridgehead atoms. The van der Waals surface area contributed by atoms with Gasteiger partial charge in [0.2, 0.25) is 0 Å². The molecule has 23 heavy (non-hydrogen) atoms.